The Hall–Kier alpha value is -1.10. The average Bonchev–Trinajstić information content (AvgIpc) is 2.58. The van der Waals surface area contributed by atoms with Crippen molar-refractivity contribution < 1.29 is 14.7 Å². The van der Waals surface area contributed by atoms with Gasteiger partial charge in [-0.1, -0.05) is 13.8 Å². The zero-order valence-electron chi connectivity index (χ0n) is 11.0. The molecule has 2 unspecified atom stereocenters. The van der Waals surface area contributed by atoms with Gasteiger partial charge in [-0.05, 0) is 32.7 Å². The third kappa shape index (κ3) is 2.77. The van der Waals surface area contributed by atoms with Crippen LogP contribution >= 0.6 is 0 Å². The normalized spacial score (nSPS) is 25.1. The van der Waals surface area contributed by atoms with Crippen LogP contribution in [0.1, 0.15) is 34.1 Å². The van der Waals surface area contributed by atoms with Crippen molar-refractivity contribution in [3.63, 3.8) is 0 Å². The Bertz CT molecular complexity index is 315. The zero-order chi connectivity index (χ0) is 13.2. The molecule has 0 saturated carbocycles. The second-order valence-corrected chi connectivity index (χ2v) is 5.20. The summed E-state index contributed by atoms with van der Waals surface area (Å²) in [5.74, 6) is -1.01. The average molecular weight is 242 g/mol. The molecule has 0 aliphatic carbocycles. The highest BCUT2D eigenvalue weighted by molar-refractivity contribution is 5.90. The number of likely N-dealkylation sites (tertiary alicyclic amines) is 1. The van der Waals surface area contributed by atoms with Crippen molar-refractivity contribution in [2.24, 2.45) is 5.92 Å². The number of hydrogen-bond acceptors (Lipinski definition) is 3. The number of carboxylic acid groups (broad SMARTS) is 1. The maximum absolute atomic E-state index is 12.3. The molecule has 5 nitrogen and oxygen atoms in total. The number of amides is 1. The number of nitrogens with zero attached hydrogens (tertiary/aromatic N) is 1. The van der Waals surface area contributed by atoms with Gasteiger partial charge in [-0.2, -0.15) is 0 Å². The van der Waals surface area contributed by atoms with Gasteiger partial charge in [-0.25, -0.2) is 4.79 Å². The van der Waals surface area contributed by atoms with E-state index in [9.17, 15) is 14.7 Å². The van der Waals surface area contributed by atoms with Crippen LogP contribution in [-0.4, -0.2) is 46.6 Å². The number of hydrogen-bond donors (Lipinski definition) is 2. The van der Waals surface area contributed by atoms with Crippen LogP contribution in [0.15, 0.2) is 0 Å². The summed E-state index contributed by atoms with van der Waals surface area (Å²) in [5.41, 5.74) is -0.702. The molecular weight excluding hydrogens is 220 g/mol. The van der Waals surface area contributed by atoms with E-state index in [-0.39, 0.29) is 11.8 Å². The Labute approximate surface area is 102 Å². The van der Waals surface area contributed by atoms with Crippen LogP contribution < -0.4 is 5.32 Å². The lowest BCUT2D eigenvalue weighted by Gasteiger charge is -2.32. The number of rotatable bonds is 4. The largest absolute Gasteiger partial charge is 0.480 e. The van der Waals surface area contributed by atoms with E-state index >= 15 is 0 Å². The van der Waals surface area contributed by atoms with Gasteiger partial charge >= 0.3 is 5.97 Å². The topological polar surface area (TPSA) is 69.6 Å². The number of carbonyl (C=O) groups excluding carboxylic acids is 1. The monoisotopic (exact) mass is 242 g/mol. The summed E-state index contributed by atoms with van der Waals surface area (Å²) in [7, 11) is 0. The van der Waals surface area contributed by atoms with Crippen molar-refractivity contribution in [3.8, 4) is 0 Å². The minimum absolute atomic E-state index is 0.0221. The van der Waals surface area contributed by atoms with Crippen LogP contribution in [0.2, 0.25) is 0 Å². The van der Waals surface area contributed by atoms with Crippen molar-refractivity contribution >= 4 is 11.9 Å². The summed E-state index contributed by atoms with van der Waals surface area (Å²) >= 11 is 0. The van der Waals surface area contributed by atoms with Crippen molar-refractivity contribution in [3.05, 3.63) is 0 Å². The van der Waals surface area contributed by atoms with Gasteiger partial charge in [-0.15, -0.1) is 0 Å². The molecule has 5 heteroatoms. The Kier molecular flexibility index (Phi) is 4.14. The predicted octanol–water partition coefficient (Wildman–Crippen LogP) is 0.696. The SMILES string of the molecule is CCNC(C)(C)C(=O)N1CCC(C)C1C(=O)O. The van der Waals surface area contributed by atoms with E-state index < -0.39 is 17.6 Å². The zero-order valence-corrected chi connectivity index (χ0v) is 11.0. The summed E-state index contributed by atoms with van der Waals surface area (Å²) in [4.78, 5) is 25.0. The Balaban J connectivity index is 2.85. The van der Waals surface area contributed by atoms with Crippen molar-refractivity contribution in [2.75, 3.05) is 13.1 Å². The predicted molar refractivity (Wildman–Crippen MR) is 64.7 cm³/mol. The van der Waals surface area contributed by atoms with Gasteiger partial charge in [0.2, 0.25) is 5.91 Å². The van der Waals surface area contributed by atoms with E-state index in [1.54, 1.807) is 13.8 Å². The number of nitrogens with one attached hydrogen (secondary N) is 1. The molecule has 2 N–H and O–H groups in total. The van der Waals surface area contributed by atoms with Crippen LogP contribution in [0.3, 0.4) is 0 Å². The molecule has 17 heavy (non-hydrogen) atoms. The Morgan fingerprint density at radius 2 is 2.06 bits per heavy atom. The van der Waals surface area contributed by atoms with E-state index in [2.05, 4.69) is 5.32 Å². The molecular formula is C12H22N2O3. The summed E-state index contributed by atoms with van der Waals surface area (Å²) in [6.07, 6.45) is 0.755. The second kappa shape index (κ2) is 5.04. The molecule has 0 aromatic carbocycles. The van der Waals surface area contributed by atoms with Gasteiger partial charge in [-0.3, -0.25) is 4.79 Å². The molecule has 0 bridgehead atoms. The Morgan fingerprint density at radius 1 is 1.47 bits per heavy atom. The number of carbonyl (C=O) groups is 2. The lowest BCUT2D eigenvalue weighted by Crippen LogP contribution is -2.56. The van der Waals surface area contributed by atoms with Crippen LogP contribution in [0.4, 0.5) is 0 Å². The first-order valence-electron chi connectivity index (χ1n) is 6.10. The van der Waals surface area contributed by atoms with Crippen LogP contribution in [-0.2, 0) is 9.59 Å². The van der Waals surface area contributed by atoms with Crippen molar-refractivity contribution in [2.45, 2.75) is 45.7 Å². The summed E-state index contributed by atoms with van der Waals surface area (Å²) in [6.45, 7) is 8.61. The van der Waals surface area contributed by atoms with Gasteiger partial charge in [0.1, 0.15) is 6.04 Å². The second-order valence-electron chi connectivity index (χ2n) is 5.20. The molecule has 98 valence electrons. The van der Waals surface area contributed by atoms with Crippen LogP contribution in [0, 0.1) is 5.92 Å². The third-order valence-corrected chi connectivity index (χ3v) is 3.37. The molecule has 1 fully saturated rings. The van der Waals surface area contributed by atoms with E-state index in [4.69, 9.17) is 0 Å². The summed E-state index contributed by atoms with van der Waals surface area (Å²) in [6, 6.07) is -0.680. The van der Waals surface area contributed by atoms with Gasteiger partial charge < -0.3 is 15.3 Å². The molecule has 0 aromatic heterocycles. The van der Waals surface area contributed by atoms with E-state index in [1.807, 2.05) is 13.8 Å². The highest BCUT2D eigenvalue weighted by Gasteiger charge is 2.43. The van der Waals surface area contributed by atoms with E-state index in [1.165, 1.54) is 4.90 Å². The lowest BCUT2D eigenvalue weighted by molar-refractivity contribution is -0.151. The molecule has 0 spiro atoms. The Morgan fingerprint density at radius 3 is 2.53 bits per heavy atom. The molecule has 0 aromatic rings. The molecule has 1 aliphatic rings. The molecule has 1 amide bonds. The first-order chi connectivity index (χ1) is 7.81. The van der Waals surface area contributed by atoms with Gasteiger partial charge in [0, 0.05) is 6.54 Å². The van der Waals surface area contributed by atoms with Crippen LogP contribution in [0.5, 0.6) is 0 Å². The maximum atomic E-state index is 12.3. The summed E-state index contributed by atoms with van der Waals surface area (Å²) < 4.78 is 0. The fourth-order valence-electron chi connectivity index (χ4n) is 2.43. The minimum Gasteiger partial charge on any atom is -0.480 e. The van der Waals surface area contributed by atoms with E-state index in [0.29, 0.717) is 13.1 Å². The molecule has 2 atom stereocenters. The number of likely N-dealkylation sites (N-methyl/N-ethyl adjacent to an activating group) is 1. The highest BCUT2D eigenvalue weighted by atomic mass is 16.4. The quantitative estimate of drug-likeness (QED) is 0.761. The van der Waals surface area contributed by atoms with Gasteiger partial charge in [0.05, 0.1) is 5.54 Å². The third-order valence-electron chi connectivity index (χ3n) is 3.37. The van der Waals surface area contributed by atoms with Crippen LogP contribution in [0.25, 0.3) is 0 Å². The van der Waals surface area contributed by atoms with Crippen molar-refractivity contribution in [1.82, 2.24) is 10.2 Å². The highest BCUT2D eigenvalue weighted by Crippen LogP contribution is 2.26. The molecule has 0 radical (unpaired) electrons. The van der Waals surface area contributed by atoms with Gasteiger partial charge in [0.25, 0.3) is 0 Å². The first kappa shape index (κ1) is 14.0. The smallest absolute Gasteiger partial charge is 0.326 e. The molecule has 1 rings (SSSR count). The maximum Gasteiger partial charge on any atom is 0.326 e. The molecule has 1 aliphatic heterocycles. The standard InChI is InChI=1S/C12H22N2O3/c1-5-13-12(3,4)11(17)14-7-6-8(2)9(14)10(15)16/h8-9,13H,5-7H2,1-4H3,(H,15,16). The minimum atomic E-state index is -0.907. The molecule has 1 saturated heterocycles. The van der Waals surface area contributed by atoms with Gasteiger partial charge in [0.15, 0.2) is 0 Å². The van der Waals surface area contributed by atoms with E-state index in [0.717, 1.165) is 6.42 Å². The fourth-order valence-corrected chi connectivity index (χ4v) is 2.43. The number of aliphatic carboxylic acids is 1. The van der Waals surface area contributed by atoms with Crippen molar-refractivity contribution in [1.29, 1.82) is 0 Å². The number of carboxylic acids is 1. The lowest BCUT2D eigenvalue weighted by atomic mass is 10.00. The fraction of sp³-hybridized carbons (Fsp3) is 0.833. The summed E-state index contributed by atoms with van der Waals surface area (Å²) in [5, 5.41) is 12.3. The first-order valence-corrected chi connectivity index (χ1v) is 6.10. The molecule has 1 heterocycles.